The molecule has 1 saturated carbocycles. The average molecular weight is 597 g/mol. The number of carboxylic acids is 2. The van der Waals surface area contributed by atoms with E-state index in [9.17, 15) is 49.5 Å². The average Bonchev–Trinajstić information content (AvgIpc) is 2.84. The molecule has 15 heteroatoms. The van der Waals surface area contributed by atoms with Crippen LogP contribution in [0, 0.1) is 11.8 Å². The number of aliphatic hydroxyl groups excluding tert-OH is 2. The summed E-state index contributed by atoms with van der Waals surface area (Å²) in [6.45, 7) is 1.34. The SMILES string of the molecule is CN(C)[C@@H]1C(=O)C(C(N)=O)=C(O)[C@@]2(O)C(=O)C3=C(O)c4c(O)ccc(Cl)c4[C@@](C)(O)[C@H]3C[C@@H]12.O=C(O)CCC(=O)O. The van der Waals surface area contributed by atoms with Gasteiger partial charge in [-0.15, -0.1) is 0 Å². The van der Waals surface area contributed by atoms with Crippen molar-refractivity contribution >= 4 is 46.8 Å². The Morgan fingerprint density at radius 3 is 2.05 bits per heavy atom. The van der Waals surface area contributed by atoms with Crippen LogP contribution in [0.1, 0.15) is 37.3 Å². The van der Waals surface area contributed by atoms with Crippen molar-refractivity contribution in [3.8, 4) is 5.75 Å². The molecule has 0 bridgehead atoms. The molecule has 0 aromatic heterocycles. The van der Waals surface area contributed by atoms with Gasteiger partial charge in [-0.05, 0) is 39.6 Å². The highest BCUT2D eigenvalue weighted by atomic mass is 35.5. The lowest BCUT2D eigenvalue weighted by Crippen LogP contribution is -2.67. The van der Waals surface area contributed by atoms with Crippen molar-refractivity contribution < 1.29 is 59.7 Å². The number of Topliss-reactive ketones (excluding diaryl/α,β-unsaturated/α-hetero) is 2. The lowest BCUT2D eigenvalue weighted by atomic mass is 9.54. The van der Waals surface area contributed by atoms with Gasteiger partial charge in [-0.25, -0.2) is 0 Å². The number of phenolic OH excluding ortho intramolecular Hbond substituents is 1. The van der Waals surface area contributed by atoms with Gasteiger partial charge in [-0.1, -0.05) is 11.6 Å². The second-order valence-corrected chi connectivity index (χ2v) is 10.8. The molecule has 1 aromatic rings. The third kappa shape index (κ3) is 4.92. The number of carboxylic acid groups (broad SMARTS) is 2. The van der Waals surface area contributed by atoms with Gasteiger partial charge in [-0.2, -0.15) is 0 Å². The summed E-state index contributed by atoms with van der Waals surface area (Å²) in [6, 6.07) is 1.24. The van der Waals surface area contributed by atoms with Crippen LogP contribution in [0.5, 0.6) is 5.75 Å². The molecule has 1 aromatic carbocycles. The molecule has 0 saturated heterocycles. The Bertz CT molecular complexity index is 1420. The number of primary amides is 1. The molecule has 14 nitrogen and oxygen atoms in total. The van der Waals surface area contributed by atoms with Crippen LogP contribution in [0.3, 0.4) is 0 Å². The highest BCUT2D eigenvalue weighted by Crippen LogP contribution is 2.58. The number of nitrogens with two attached hydrogens (primary N) is 1. The number of amides is 1. The summed E-state index contributed by atoms with van der Waals surface area (Å²) in [5.74, 6) is -10.4. The molecule has 222 valence electrons. The number of hydrogen-bond donors (Lipinski definition) is 8. The van der Waals surface area contributed by atoms with Crippen LogP contribution in [0.2, 0.25) is 5.02 Å². The van der Waals surface area contributed by atoms with Crippen LogP contribution >= 0.6 is 11.6 Å². The summed E-state index contributed by atoms with van der Waals surface area (Å²) in [5, 5.41) is 71.0. The number of aliphatic hydroxyl groups is 4. The Morgan fingerprint density at radius 1 is 1.05 bits per heavy atom. The summed E-state index contributed by atoms with van der Waals surface area (Å²) >= 11 is 6.28. The molecule has 0 heterocycles. The number of aliphatic carboxylic acids is 2. The Morgan fingerprint density at radius 2 is 1.59 bits per heavy atom. The maximum absolute atomic E-state index is 13.7. The molecule has 0 spiro atoms. The number of hydrogen-bond acceptors (Lipinski definition) is 11. The molecule has 5 atom stereocenters. The topological polar surface area (TPSA) is 256 Å². The molecule has 41 heavy (non-hydrogen) atoms. The van der Waals surface area contributed by atoms with E-state index in [1.54, 1.807) is 0 Å². The minimum Gasteiger partial charge on any atom is -0.508 e. The molecule has 0 radical (unpaired) electrons. The van der Waals surface area contributed by atoms with Crippen molar-refractivity contribution in [1.29, 1.82) is 0 Å². The van der Waals surface area contributed by atoms with Gasteiger partial charge in [0.05, 0.1) is 30.0 Å². The lowest BCUT2D eigenvalue weighted by Gasteiger charge is -2.53. The summed E-state index contributed by atoms with van der Waals surface area (Å²) in [7, 11) is 2.97. The van der Waals surface area contributed by atoms with Crippen molar-refractivity contribution in [3.63, 3.8) is 0 Å². The standard InChI is InChI=1S/C22H23ClN2O8.C4H6O4/c1-21(32)7-6-8-15(25(2)3)17(28)13(20(24)31)19(30)22(8,33)18(29)11(7)16(27)12-10(26)5-4-9(23)14(12)21;5-3(6)1-2-4(7)8/h4-5,7-8,15,26-27,30,32-33H,6H2,1-3H3,(H2,24,31);1-2H2,(H,5,6)(H,7,8)/t7-,8-,15-,21-,22-;/m0./s1. The zero-order chi connectivity index (χ0) is 31.4. The molecule has 9 N–H and O–H groups in total. The fourth-order valence-electron chi connectivity index (χ4n) is 5.79. The number of carbonyl (C=O) groups is 5. The third-order valence-corrected chi connectivity index (χ3v) is 7.94. The number of likely N-dealkylation sites (N-methyl/N-ethyl adjacent to an activating group) is 1. The summed E-state index contributed by atoms with van der Waals surface area (Å²) in [6.07, 6.45) is -0.852. The van der Waals surface area contributed by atoms with Crippen molar-refractivity contribution in [2.24, 2.45) is 17.6 Å². The molecular formula is C26H29ClN2O12. The number of rotatable bonds is 5. The van der Waals surface area contributed by atoms with Crippen LogP contribution in [0.4, 0.5) is 0 Å². The zero-order valence-corrected chi connectivity index (χ0v) is 22.8. The van der Waals surface area contributed by atoms with Gasteiger partial charge in [0.1, 0.15) is 22.8 Å². The number of ketones is 2. The molecule has 3 aliphatic rings. The quantitative estimate of drug-likeness (QED) is 0.212. The van der Waals surface area contributed by atoms with Crippen molar-refractivity contribution in [2.75, 3.05) is 14.1 Å². The first-order valence-electron chi connectivity index (χ1n) is 12.1. The predicted octanol–water partition coefficient (Wildman–Crippen LogP) is 0.218. The van der Waals surface area contributed by atoms with Gasteiger partial charge in [-0.3, -0.25) is 28.9 Å². The van der Waals surface area contributed by atoms with Crippen molar-refractivity contribution in [2.45, 2.75) is 43.4 Å². The molecule has 1 fully saturated rings. The second-order valence-electron chi connectivity index (χ2n) is 10.4. The van der Waals surface area contributed by atoms with Crippen molar-refractivity contribution in [3.05, 3.63) is 45.2 Å². The van der Waals surface area contributed by atoms with Gasteiger partial charge >= 0.3 is 11.9 Å². The number of aromatic hydroxyl groups is 1. The number of halogens is 1. The lowest BCUT2D eigenvalue weighted by molar-refractivity contribution is -0.159. The van der Waals surface area contributed by atoms with E-state index in [-0.39, 0.29) is 35.4 Å². The zero-order valence-electron chi connectivity index (χ0n) is 22.1. The maximum atomic E-state index is 13.7. The molecule has 4 rings (SSSR count). The van der Waals surface area contributed by atoms with E-state index in [4.69, 9.17) is 27.5 Å². The van der Waals surface area contributed by atoms with E-state index in [2.05, 4.69) is 0 Å². The van der Waals surface area contributed by atoms with E-state index in [1.807, 2.05) is 0 Å². The molecule has 0 aliphatic heterocycles. The highest BCUT2D eigenvalue weighted by molar-refractivity contribution is 6.32. The third-order valence-electron chi connectivity index (χ3n) is 7.62. The first kappa shape index (κ1) is 31.5. The number of carbonyl (C=O) groups excluding carboxylic acids is 3. The first-order valence-corrected chi connectivity index (χ1v) is 12.5. The van der Waals surface area contributed by atoms with E-state index >= 15 is 0 Å². The fourth-order valence-corrected chi connectivity index (χ4v) is 6.14. The van der Waals surface area contributed by atoms with E-state index in [0.29, 0.717) is 0 Å². The Balaban J connectivity index is 0.000000507. The van der Waals surface area contributed by atoms with Gasteiger partial charge in [0.15, 0.2) is 11.4 Å². The highest BCUT2D eigenvalue weighted by Gasteiger charge is 2.66. The summed E-state index contributed by atoms with van der Waals surface area (Å²) in [5.41, 5.74) is -1.10. The van der Waals surface area contributed by atoms with E-state index in [1.165, 1.54) is 38.1 Å². The summed E-state index contributed by atoms with van der Waals surface area (Å²) in [4.78, 5) is 59.4. The fraction of sp³-hybridized carbons (Fsp3) is 0.423. The molecular weight excluding hydrogens is 568 g/mol. The molecule has 3 aliphatic carbocycles. The minimum atomic E-state index is -2.78. The van der Waals surface area contributed by atoms with Crippen LogP contribution < -0.4 is 5.73 Å². The van der Waals surface area contributed by atoms with Crippen LogP contribution in [0.15, 0.2) is 29.0 Å². The Labute approximate surface area is 237 Å². The molecule has 0 unspecified atom stereocenters. The minimum absolute atomic E-state index is 0.0187. The molecule has 1 amide bonds. The van der Waals surface area contributed by atoms with Crippen LogP contribution in [0.25, 0.3) is 5.76 Å². The Hall–Kier alpha value is -3.98. The first-order chi connectivity index (χ1) is 18.8. The van der Waals surface area contributed by atoms with Gasteiger partial charge in [0.25, 0.3) is 5.91 Å². The smallest absolute Gasteiger partial charge is 0.303 e. The van der Waals surface area contributed by atoms with E-state index < -0.39 is 86.9 Å². The second kappa shape index (κ2) is 10.8. The number of benzene rings is 1. The number of nitrogens with zero attached hydrogens (tertiary/aromatic N) is 1. The number of phenols is 1. The van der Waals surface area contributed by atoms with Gasteiger partial charge < -0.3 is 41.5 Å². The largest absolute Gasteiger partial charge is 0.508 e. The van der Waals surface area contributed by atoms with Crippen molar-refractivity contribution in [1.82, 2.24) is 4.90 Å². The monoisotopic (exact) mass is 596 g/mol. The van der Waals surface area contributed by atoms with Gasteiger partial charge in [0, 0.05) is 28.0 Å². The van der Waals surface area contributed by atoms with E-state index in [0.717, 1.165) is 0 Å². The van der Waals surface area contributed by atoms with Crippen LogP contribution in [-0.2, 0) is 29.6 Å². The normalized spacial score (nSPS) is 28.8. The predicted molar refractivity (Wildman–Crippen MR) is 140 cm³/mol. The van der Waals surface area contributed by atoms with Crippen LogP contribution in [-0.4, -0.2) is 95.8 Å². The Kier molecular flexibility index (Phi) is 8.29. The van der Waals surface area contributed by atoms with Gasteiger partial charge in [0.2, 0.25) is 5.78 Å². The number of fused-ring (bicyclic) bond motifs is 3. The maximum Gasteiger partial charge on any atom is 0.303 e. The summed E-state index contributed by atoms with van der Waals surface area (Å²) < 4.78 is 0.